The summed E-state index contributed by atoms with van der Waals surface area (Å²) >= 11 is 5.98. The summed E-state index contributed by atoms with van der Waals surface area (Å²) in [6, 6.07) is 18.9. The van der Waals surface area contributed by atoms with Crippen LogP contribution in [0.2, 0.25) is 5.02 Å². The van der Waals surface area contributed by atoms with Gasteiger partial charge in [-0.2, -0.15) is 0 Å². The van der Waals surface area contributed by atoms with Gasteiger partial charge >= 0.3 is 0 Å². The van der Waals surface area contributed by atoms with E-state index < -0.39 is 0 Å². The topological polar surface area (TPSA) is 36.4 Å². The summed E-state index contributed by atoms with van der Waals surface area (Å²) < 4.78 is 0. The molecule has 1 aromatic heterocycles. The Balaban J connectivity index is 1.45. The lowest BCUT2D eigenvalue weighted by Gasteiger charge is -2.33. The molecule has 4 rings (SSSR count). The maximum absolute atomic E-state index is 13.1. The summed E-state index contributed by atoms with van der Waals surface area (Å²) in [4.78, 5) is 21.8. The van der Waals surface area contributed by atoms with E-state index in [1.165, 1.54) is 16.7 Å². The summed E-state index contributed by atoms with van der Waals surface area (Å²) in [5.74, 6) is -0.0265. The highest BCUT2D eigenvalue weighted by Crippen LogP contribution is 2.30. The van der Waals surface area contributed by atoms with Crippen molar-refractivity contribution in [2.24, 2.45) is 0 Å². The zero-order chi connectivity index (χ0) is 23.5. The van der Waals surface area contributed by atoms with Crippen LogP contribution in [0.3, 0.4) is 0 Å². The molecule has 0 aliphatic heterocycles. The van der Waals surface area contributed by atoms with Gasteiger partial charge in [0.25, 0.3) is 5.91 Å². The second-order valence-corrected chi connectivity index (χ2v) is 9.60. The summed E-state index contributed by atoms with van der Waals surface area (Å²) in [6.07, 6.45) is 5.71. The van der Waals surface area contributed by atoms with Gasteiger partial charge in [-0.3, -0.25) is 9.78 Å². The van der Waals surface area contributed by atoms with E-state index in [-0.39, 0.29) is 11.9 Å². The molecule has 172 valence electrons. The summed E-state index contributed by atoms with van der Waals surface area (Å²) in [5.41, 5.74) is 6.64. The lowest BCUT2D eigenvalue weighted by Crippen LogP contribution is -2.41. The highest BCUT2D eigenvalue weighted by molar-refractivity contribution is 6.30. The Morgan fingerprint density at radius 1 is 1.03 bits per heavy atom. The molecule has 1 aliphatic rings. The third-order valence-electron chi connectivity index (χ3n) is 6.86. The average molecular weight is 462 g/mol. The van der Waals surface area contributed by atoms with Gasteiger partial charge in [0.2, 0.25) is 0 Å². The van der Waals surface area contributed by atoms with Gasteiger partial charge in [0, 0.05) is 35.9 Å². The van der Waals surface area contributed by atoms with Crippen LogP contribution in [0.5, 0.6) is 0 Å². The molecule has 1 aliphatic carbocycles. The van der Waals surface area contributed by atoms with Gasteiger partial charge in [0.15, 0.2) is 0 Å². The van der Waals surface area contributed by atoms with Gasteiger partial charge in [-0.1, -0.05) is 54.9 Å². The molecule has 3 aromatic rings. The van der Waals surface area contributed by atoms with Crippen LogP contribution < -0.4 is 0 Å². The van der Waals surface area contributed by atoms with E-state index in [0.29, 0.717) is 16.8 Å². The molecule has 0 N–H and O–H groups in total. The first kappa shape index (κ1) is 23.5. The number of hydrogen-bond acceptors (Lipinski definition) is 3. The van der Waals surface area contributed by atoms with E-state index in [4.69, 9.17) is 11.6 Å². The molecular weight excluding hydrogens is 430 g/mol. The summed E-state index contributed by atoms with van der Waals surface area (Å²) in [6.45, 7) is 2.23. The minimum absolute atomic E-state index is 0.0265. The Morgan fingerprint density at radius 3 is 2.39 bits per heavy atom. The van der Waals surface area contributed by atoms with Crippen LogP contribution in [0.4, 0.5) is 0 Å². The molecule has 0 fully saturated rings. The molecule has 2 aromatic carbocycles. The largest absolute Gasteiger partial charge is 0.337 e. The molecule has 1 amide bonds. The zero-order valence-electron chi connectivity index (χ0n) is 19.9. The van der Waals surface area contributed by atoms with Crippen molar-refractivity contribution in [1.82, 2.24) is 14.8 Å². The van der Waals surface area contributed by atoms with Crippen molar-refractivity contribution in [1.29, 1.82) is 0 Å². The molecule has 4 nitrogen and oxygen atoms in total. The maximum Gasteiger partial charge on any atom is 0.272 e. The quantitative estimate of drug-likeness (QED) is 0.448. The van der Waals surface area contributed by atoms with Crippen LogP contribution in [0.1, 0.15) is 53.0 Å². The Bertz CT molecular complexity index is 1110. The molecule has 2 atom stereocenters. The number of carbonyl (C=O) groups excluding carboxylic acids is 1. The number of rotatable bonds is 6. The number of aryl methyl sites for hydroxylation is 1. The highest BCUT2D eigenvalue weighted by Gasteiger charge is 2.27. The van der Waals surface area contributed by atoms with Crippen molar-refractivity contribution < 1.29 is 4.79 Å². The van der Waals surface area contributed by atoms with Gasteiger partial charge in [0.05, 0.1) is 0 Å². The Hall–Kier alpha value is -2.69. The second-order valence-electron chi connectivity index (χ2n) is 9.17. The smallest absolute Gasteiger partial charge is 0.272 e. The van der Waals surface area contributed by atoms with E-state index in [0.717, 1.165) is 36.8 Å². The number of pyridine rings is 1. The van der Waals surface area contributed by atoms with Crippen LogP contribution in [0.25, 0.3) is 11.1 Å². The fraction of sp³-hybridized carbons (Fsp3) is 0.357. The number of likely N-dealkylation sites (N-methyl/N-ethyl adjacent to an activating group) is 1. The zero-order valence-corrected chi connectivity index (χ0v) is 20.6. The molecule has 0 bridgehead atoms. The van der Waals surface area contributed by atoms with E-state index in [9.17, 15) is 4.79 Å². The maximum atomic E-state index is 13.1. The first-order valence-corrected chi connectivity index (χ1v) is 12.0. The van der Waals surface area contributed by atoms with E-state index in [2.05, 4.69) is 49.1 Å². The third-order valence-corrected chi connectivity index (χ3v) is 7.11. The third kappa shape index (κ3) is 5.13. The number of amides is 1. The van der Waals surface area contributed by atoms with Gasteiger partial charge in [0.1, 0.15) is 5.69 Å². The first-order valence-electron chi connectivity index (χ1n) is 11.6. The number of hydrogen-bond donors (Lipinski definition) is 0. The van der Waals surface area contributed by atoms with Crippen molar-refractivity contribution in [2.75, 3.05) is 21.1 Å². The molecule has 0 saturated heterocycles. The normalized spacial score (nSPS) is 16.4. The standard InChI is InChI=1S/C28H32ClN3O/c1-5-27(31(2)3)22-7-6-21-17-25(14-10-20(21)16-22)32(4)28(33)26-15-11-23(18-30-26)19-8-12-24(29)13-9-19/h6-9,11-13,15-16,18,25,27H,5,10,14,17H2,1-4H3. The Morgan fingerprint density at radius 2 is 1.76 bits per heavy atom. The molecular formula is C28H32ClN3O. The van der Waals surface area contributed by atoms with E-state index >= 15 is 0 Å². The minimum atomic E-state index is -0.0265. The number of carbonyl (C=O) groups is 1. The summed E-state index contributed by atoms with van der Waals surface area (Å²) in [7, 11) is 6.18. The highest BCUT2D eigenvalue weighted by atomic mass is 35.5. The molecule has 1 heterocycles. The van der Waals surface area contributed by atoms with E-state index in [1.54, 1.807) is 6.20 Å². The molecule has 33 heavy (non-hydrogen) atoms. The van der Waals surface area contributed by atoms with Gasteiger partial charge in [-0.05, 0) is 80.2 Å². The number of nitrogens with zero attached hydrogens (tertiary/aromatic N) is 3. The monoisotopic (exact) mass is 461 g/mol. The molecule has 0 spiro atoms. The van der Waals surface area contributed by atoms with Crippen LogP contribution in [-0.4, -0.2) is 47.9 Å². The van der Waals surface area contributed by atoms with Gasteiger partial charge in [-0.15, -0.1) is 0 Å². The predicted octanol–water partition coefficient (Wildman–Crippen LogP) is 6.04. The molecule has 0 saturated carbocycles. The van der Waals surface area contributed by atoms with Crippen LogP contribution >= 0.6 is 11.6 Å². The SMILES string of the molecule is CCC(c1ccc2c(c1)CCC(N(C)C(=O)c1ccc(-c3ccc(Cl)cc3)cn1)C2)N(C)C. The number of halogens is 1. The predicted molar refractivity (Wildman–Crippen MR) is 136 cm³/mol. The van der Waals surface area contributed by atoms with Gasteiger partial charge in [-0.25, -0.2) is 0 Å². The van der Waals surface area contributed by atoms with E-state index in [1.807, 2.05) is 48.3 Å². The Kier molecular flexibility index (Phi) is 7.16. The van der Waals surface area contributed by atoms with Crippen molar-refractivity contribution in [3.8, 4) is 11.1 Å². The van der Waals surface area contributed by atoms with Crippen LogP contribution in [0, 0.1) is 0 Å². The van der Waals surface area contributed by atoms with Crippen molar-refractivity contribution >= 4 is 17.5 Å². The number of benzene rings is 2. The van der Waals surface area contributed by atoms with Gasteiger partial charge < -0.3 is 9.80 Å². The number of aromatic nitrogens is 1. The fourth-order valence-electron chi connectivity index (χ4n) is 4.87. The first-order chi connectivity index (χ1) is 15.9. The lowest BCUT2D eigenvalue weighted by atomic mass is 9.85. The lowest BCUT2D eigenvalue weighted by molar-refractivity contribution is 0.0713. The van der Waals surface area contributed by atoms with Crippen molar-refractivity contribution in [2.45, 2.75) is 44.7 Å². The van der Waals surface area contributed by atoms with Crippen LogP contribution in [0.15, 0.2) is 60.8 Å². The average Bonchev–Trinajstić information content (AvgIpc) is 2.83. The van der Waals surface area contributed by atoms with Crippen molar-refractivity contribution in [3.63, 3.8) is 0 Å². The second kappa shape index (κ2) is 10.1. The minimum Gasteiger partial charge on any atom is -0.337 e. The fourth-order valence-corrected chi connectivity index (χ4v) is 5.00. The molecule has 5 heteroatoms. The Labute approximate surface area is 202 Å². The summed E-state index contributed by atoms with van der Waals surface area (Å²) in [5, 5.41) is 0.702. The number of fused-ring (bicyclic) bond motifs is 1. The molecule has 2 unspecified atom stereocenters. The van der Waals surface area contributed by atoms with Crippen molar-refractivity contribution in [3.05, 3.63) is 88.2 Å². The molecule has 0 radical (unpaired) electrons. The van der Waals surface area contributed by atoms with Crippen LogP contribution in [-0.2, 0) is 12.8 Å².